The van der Waals surface area contributed by atoms with Crippen LogP contribution in [0.2, 0.25) is 0 Å². The molecule has 1 aromatic heterocycles. The van der Waals surface area contributed by atoms with Crippen LogP contribution in [0.1, 0.15) is 41.3 Å². The zero-order valence-corrected chi connectivity index (χ0v) is 19.5. The normalized spacial score (nSPS) is 14.9. The molecule has 9 heteroatoms. The van der Waals surface area contributed by atoms with Crippen molar-refractivity contribution in [1.82, 2.24) is 14.9 Å². The molecule has 1 aliphatic heterocycles. The minimum absolute atomic E-state index is 0.0640. The summed E-state index contributed by atoms with van der Waals surface area (Å²) < 4.78 is 26.3. The fourth-order valence-corrected chi connectivity index (χ4v) is 3.89. The lowest BCUT2D eigenvalue weighted by Gasteiger charge is -2.33. The Morgan fingerprint density at radius 1 is 1.23 bits per heavy atom. The van der Waals surface area contributed by atoms with Gasteiger partial charge in [0.25, 0.3) is 11.5 Å². The summed E-state index contributed by atoms with van der Waals surface area (Å²) in [7, 11) is 0. The number of fused-ring (bicyclic) bond motifs is 1. The molecule has 1 N–H and O–H groups in total. The molecule has 1 aliphatic rings. The van der Waals surface area contributed by atoms with Gasteiger partial charge in [-0.3, -0.25) is 14.2 Å². The topological polar surface area (TPSA) is 106 Å². The van der Waals surface area contributed by atoms with E-state index in [1.807, 2.05) is 36.4 Å². The lowest BCUT2D eigenvalue weighted by molar-refractivity contribution is -0.0567. The predicted octanol–water partition coefficient (Wildman–Crippen LogP) is 3.09. The molecule has 35 heavy (non-hydrogen) atoms. The number of amides is 1. The van der Waals surface area contributed by atoms with Crippen LogP contribution in [-0.2, 0) is 29.9 Å². The second-order valence-electron chi connectivity index (χ2n) is 8.69. The first kappa shape index (κ1) is 24.1. The number of hydrogen-bond donors (Lipinski definition) is 1. The van der Waals surface area contributed by atoms with Gasteiger partial charge in [0, 0.05) is 6.42 Å². The summed E-state index contributed by atoms with van der Waals surface area (Å²) in [6.07, 6.45) is 0.154. The van der Waals surface area contributed by atoms with Crippen LogP contribution in [0.15, 0.2) is 59.4 Å². The first-order valence-electron chi connectivity index (χ1n) is 11.2. The van der Waals surface area contributed by atoms with Gasteiger partial charge in [-0.15, -0.1) is 0 Å². The Hall–Kier alpha value is -4.03. The molecule has 1 unspecified atom stereocenters. The smallest absolute Gasteiger partial charge is 0.296 e. The average Bonchev–Trinajstić information content (AvgIpc) is 2.85. The number of nitrogens with one attached hydrogen (secondary N) is 1. The maximum Gasteiger partial charge on any atom is 0.296 e. The van der Waals surface area contributed by atoms with Crippen molar-refractivity contribution in [3.05, 3.63) is 93.4 Å². The number of rotatable bonds is 7. The molecule has 0 fully saturated rings. The molecule has 8 nitrogen and oxygen atoms in total. The van der Waals surface area contributed by atoms with Gasteiger partial charge in [-0.1, -0.05) is 42.5 Å². The van der Waals surface area contributed by atoms with Gasteiger partial charge in [-0.05, 0) is 37.1 Å². The van der Waals surface area contributed by atoms with Crippen LogP contribution >= 0.6 is 0 Å². The number of aromatic nitrogens is 2. The number of carbonyl (C=O) groups excluding carboxylic acids is 1. The summed E-state index contributed by atoms with van der Waals surface area (Å²) in [6.45, 7) is 4.19. The number of carbonyl (C=O) groups is 1. The van der Waals surface area contributed by atoms with E-state index in [0.29, 0.717) is 18.0 Å². The quantitative estimate of drug-likeness (QED) is 0.562. The summed E-state index contributed by atoms with van der Waals surface area (Å²) >= 11 is 0. The molecule has 2 heterocycles. The predicted molar refractivity (Wildman–Crippen MR) is 125 cm³/mol. The molecule has 0 bridgehead atoms. The second-order valence-corrected chi connectivity index (χ2v) is 8.69. The van der Waals surface area contributed by atoms with Gasteiger partial charge in [0.2, 0.25) is 5.75 Å². The van der Waals surface area contributed by atoms with Crippen LogP contribution < -0.4 is 15.6 Å². The van der Waals surface area contributed by atoms with Crippen molar-refractivity contribution in [3.8, 4) is 11.8 Å². The van der Waals surface area contributed by atoms with Gasteiger partial charge in [-0.2, -0.15) is 5.26 Å². The number of halogens is 1. The first-order chi connectivity index (χ1) is 16.8. The van der Waals surface area contributed by atoms with Crippen molar-refractivity contribution < 1.29 is 18.7 Å². The molecule has 0 spiro atoms. The Labute approximate surface area is 201 Å². The standard InChI is InChI=1S/C26H25FN4O4/c1-26(2)25-30-21(23(32)29-20(15-28)14-17-8-10-19(27)11-9-17)22(24(33)31(25)12-13-35-26)34-16-18-6-4-3-5-7-18/h3-11,20H,12-14,16H2,1-2H3,(H,29,32). The molecule has 3 aromatic rings. The highest BCUT2D eigenvalue weighted by molar-refractivity contribution is 5.95. The zero-order chi connectivity index (χ0) is 25.0. The summed E-state index contributed by atoms with van der Waals surface area (Å²) in [5.41, 5.74) is -0.107. The van der Waals surface area contributed by atoms with Crippen LogP contribution in [0.4, 0.5) is 4.39 Å². The van der Waals surface area contributed by atoms with E-state index in [1.54, 1.807) is 26.0 Å². The Morgan fingerprint density at radius 3 is 2.63 bits per heavy atom. The zero-order valence-electron chi connectivity index (χ0n) is 19.5. The third-order valence-electron chi connectivity index (χ3n) is 5.70. The summed E-state index contributed by atoms with van der Waals surface area (Å²) in [5.74, 6) is -0.997. The van der Waals surface area contributed by atoms with Crippen LogP contribution in [0.25, 0.3) is 0 Å². The summed E-state index contributed by atoms with van der Waals surface area (Å²) in [5, 5.41) is 12.2. The molecule has 0 saturated heterocycles. The highest BCUT2D eigenvalue weighted by Gasteiger charge is 2.35. The van der Waals surface area contributed by atoms with Crippen LogP contribution in [0.5, 0.6) is 5.75 Å². The van der Waals surface area contributed by atoms with Gasteiger partial charge in [0.1, 0.15) is 29.9 Å². The van der Waals surface area contributed by atoms with Crippen molar-refractivity contribution in [2.45, 2.75) is 45.1 Å². The van der Waals surface area contributed by atoms with E-state index in [4.69, 9.17) is 9.47 Å². The van der Waals surface area contributed by atoms with Crippen LogP contribution in [-0.4, -0.2) is 28.1 Å². The van der Waals surface area contributed by atoms with E-state index in [2.05, 4.69) is 10.3 Å². The Bertz CT molecular complexity index is 1310. The summed E-state index contributed by atoms with van der Waals surface area (Å²) in [4.78, 5) is 31.2. The fraction of sp³-hybridized carbons (Fsp3) is 0.308. The summed E-state index contributed by atoms with van der Waals surface area (Å²) in [6, 6.07) is 16.0. The fourth-order valence-electron chi connectivity index (χ4n) is 3.89. The molecular weight excluding hydrogens is 451 g/mol. The van der Waals surface area contributed by atoms with Gasteiger partial charge >= 0.3 is 0 Å². The van der Waals surface area contributed by atoms with Crippen molar-refractivity contribution in [3.63, 3.8) is 0 Å². The number of benzene rings is 2. The molecule has 1 atom stereocenters. The van der Waals surface area contributed by atoms with E-state index < -0.39 is 28.9 Å². The third kappa shape index (κ3) is 5.39. The van der Waals surface area contributed by atoms with Crippen LogP contribution in [0, 0.1) is 17.1 Å². The average molecular weight is 477 g/mol. The molecule has 0 saturated carbocycles. The highest BCUT2D eigenvalue weighted by atomic mass is 19.1. The number of hydrogen-bond acceptors (Lipinski definition) is 6. The van der Waals surface area contributed by atoms with Crippen LogP contribution in [0.3, 0.4) is 0 Å². The Morgan fingerprint density at radius 2 is 1.94 bits per heavy atom. The first-order valence-corrected chi connectivity index (χ1v) is 11.2. The number of nitriles is 1. The third-order valence-corrected chi connectivity index (χ3v) is 5.70. The van der Waals surface area contributed by atoms with E-state index in [1.165, 1.54) is 16.7 Å². The minimum Gasteiger partial charge on any atom is -0.481 e. The second kappa shape index (κ2) is 10.1. The van der Waals surface area contributed by atoms with E-state index in [0.717, 1.165) is 5.56 Å². The molecule has 0 radical (unpaired) electrons. The van der Waals surface area contributed by atoms with E-state index in [9.17, 15) is 19.2 Å². The molecular formula is C26H25FN4O4. The molecule has 180 valence electrons. The number of nitrogens with zero attached hydrogens (tertiary/aromatic N) is 3. The maximum absolute atomic E-state index is 13.4. The molecule has 0 aliphatic carbocycles. The van der Waals surface area contributed by atoms with Gasteiger partial charge in [-0.25, -0.2) is 9.37 Å². The molecule has 1 amide bonds. The van der Waals surface area contributed by atoms with Crippen molar-refractivity contribution in [1.29, 1.82) is 5.26 Å². The SMILES string of the molecule is CC1(C)OCCn2c1nc(C(=O)NC(C#N)Cc1ccc(F)cc1)c(OCc1ccccc1)c2=O. The van der Waals surface area contributed by atoms with Crippen molar-refractivity contribution in [2.24, 2.45) is 0 Å². The van der Waals surface area contributed by atoms with Gasteiger partial charge in [0.15, 0.2) is 5.69 Å². The monoisotopic (exact) mass is 476 g/mol. The van der Waals surface area contributed by atoms with Crippen molar-refractivity contribution in [2.75, 3.05) is 6.61 Å². The van der Waals surface area contributed by atoms with E-state index in [-0.39, 0.29) is 31.0 Å². The Kier molecular flexibility index (Phi) is 6.94. The Balaban J connectivity index is 1.67. The van der Waals surface area contributed by atoms with Crippen molar-refractivity contribution >= 4 is 5.91 Å². The largest absolute Gasteiger partial charge is 0.481 e. The molecule has 4 rings (SSSR count). The molecule has 2 aromatic carbocycles. The highest BCUT2D eigenvalue weighted by Crippen LogP contribution is 2.28. The van der Waals surface area contributed by atoms with Gasteiger partial charge in [0.05, 0.1) is 19.2 Å². The maximum atomic E-state index is 13.4. The minimum atomic E-state index is -0.931. The van der Waals surface area contributed by atoms with E-state index >= 15 is 0 Å². The lowest BCUT2D eigenvalue weighted by atomic mass is 10.1. The lowest BCUT2D eigenvalue weighted by Crippen LogP contribution is -2.44. The van der Waals surface area contributed by atoms with Gasteiger partial charge < -0.3 is 14.8 Å². The number of ether oxygens (including phenoxy) is 2.